The van der Waals surface area contributed by atoms with Crippen molar-refractivity contribution in [2.45, 2.75) is 45.6 Å². The number of furan rings is 1. The van der Waals surface area contributed by atoms with Crippen LogP contribution < -0.4 is 0 Å². The van der Waals surface area contributed by atoms with Gasteiger partial charge in [0.05, 0.1) is 0 Å². The van der Waals surface area contributed by atoms with Crippen LogP contribution in [0.25, 0.3) is 11.0 Å². The second-order valence-electron chi connectivity index (χ2n) is 7.15. The van der Waals surface area contributed by atoms with Crippen LogP contribution in [0.5, 0.6) is 0 Å². The van der Waals surface area contributed by atoms with Gasteiger partial charge in [0, 0.05) is 5.39 Å². The van der Waals surface area contributed by atoms with Crippen LogP contribution >= 0.6 is 0 Å². The van der Waals surface area contributed by atoms with Crippen LogP contribution in [0.4, 0.5) is 4.39 Å². The Morgan fingerprint density at radius 3 is 2.70 bits per heavy atom. The van der Waals surface area contributed by atoms with E-state index in [1.165, 1.54) is 6.07 Å². The first-order valence-electron chi connectivity index (χ1n) is 7.20. The molecule has 0 saturated heterocycles. The van der Waals surface area contributed by atoms with Crippen LogP contribution in [0.2, 0.25) is 0 Å². The average molecular weight is 276 g/mol. The minimum absolute atomic E-state index is 0.0595. The minimum Gasteiger partial charge on any atom is -0.455 e. The average Bonchev–Trinajstić information content (AvgIpc) is 2.71. The second kappa shape index (κ2) is 4.32. The summed E-state index contributed by atoms with van der Waals surface area (Å²) in [7, 11) is 0. The smallest absolute Gasteiger partial charge is 0.170 e. The zero-order valence-electron chi connectivity index (χ0n) is 12.2. The summed E-state index contributed by atoms with van der Waals surface area (Å²) < 4.78 is 19.4. The highest BCUT2D eigenvalue weighted by Gasteiger charge is 2.44. The molecular formula is C17H21FO2. The number of hydrogen-bond donors (Lipinski definition) is 1. The molecule has 1 saturated carbocycles. The zero-order chi connectivity index (χ0) is 14.5. The van der Waals surface area contributed by atoms with Gasteiger partial charge in [-0.1, -0.05) is 32.9 Å². The Morgan fingerprint density at radius 2 is 2.05 bits per heavy atom. The Labute approximate surface area is 118 Å². The molecule has 0 amide bonds. The maximum Gasteiger partial charge on any atom is 0.170 e. The van der Waals surface area contributed by atoms with E-state index in [4.69, 9.17) is 4.42 Å². The van der Waals surface area contributed by atoms with Crippen molar-refractivity contribution in [1.82, 2.24) is 0 Å². The molecule has 1 fully saturated rings. The van der Waals surface area contributed by atoms with Crippen LogP contribution in [0.15, 0.2) is 28.7 Å². The van der Waals surface area contributed by atoms with E-state index in [1.807, 2.05) is 6.07 Å². The molecule has 2 nitrogen and oxygen atoms in total. The van der Waals surface area contributed by atoms with E-state index in [2.05, 4.69) is 20.8 Å². The van der Waals surface area contributed by atoms with Gasteiger partial charge in [0.2, 0.25) is 0 Å². The summed E-state index contributed by atoms with van der Waals surface area (Å²) in [6.07, 6.45) is 2.40. The predicted octanol–water partition coefficient (Wildman–Crippen LogP) is 4.61. The molecule has 0 spiro atoms. The van der Waals surface area contributed by atoms with E-state index in [0.717, 1.165) is 6.42 Å². The van der Waals surface area contributed by atoms with E-state index < -0.39 is 5.60 Å². The molecule has 2 atom stereocenters. The first-order valence-corrected chi connectivity index (χ1v) is 7.20. The molecule has 1 aromatic heterocycles. The van der Waals surface area contributed by atoms with E-state index in [1.54, 1.807) is 12.1 Å². The Hall–Kier alpha value is -1.35. The summed E-state index contributed by atoms with van der Waals surface area (Å²) in [6.45, 7) is 6.48. The number of benzene rings is 1. The largest absolute Gasteiger partial charge is 0.455 e. The lowest BCUT2D eigenvalue weighted by Crippen LogP contribution is -2.39. The van der Waals surface area contributed by atoms with Crippen molar-refractivity contribution in [1.29, 1.82) is 0 Å². The summed E-state index contributed by atoms with van der Waals surface area (Å²) in [5.74, 6) is 0.541. The van der Waals surface area contributed by atoms with Crippen LogP contribution in [0.3, 0.4) is 0 Å². The highest BCUT2D eigenvalue weighted by atomic mass is 19.1. The van der Waals surface area contributed by atoms with Gasteiger partial charge in [-0.15, -0.1) is 0 Å². The van der Waals surface area contributed by atoms with Gasteiger partial charge in [0.15, 0.2) is 11.4 Å². The molecule has 1 heterocycles. The lowest BCUT2D eigenvalue weighted by Gasteiger charge is -2.43. The lowest BCUT2D eigenvalue weighted by atomic mass is 9.65. The predicted molar refractivity (Wildman–Crippen MR) is 76.9 cm³/mol. The second-order valence-corrected chi connectivity index (χ2v) is 7.15. The Balaban J connectivity index is 2.07. The number of aliphatic hydroxyl groups is 1. The fraction of sp³-hybridized carbons (Fsp3) is 0.529. The molecule has 108 valence electrons. The SMILES string of the molecule is CC1CC(C)(C)CC(O)(c2cc3cccc(F)c3o2)C1. The Kier molecular flexibility index (Phi) is 2.94. The molecule has 0 aliphatic heterocycles. The van der Waals surface area contributed by atoms with E-state index in [9.17, 15) is 9.50 Å². The molecule has 3 heteroatoms. The zero-order valence-corrected chi connectivity index (χ0v) is 12.2. The van der Waals surface area contributed by atoms with E-state index in [-0.39, 0.29) is 16.8 Å². The third kappa shape index (κ3) is 2.24. The fourth-order valence-corrected chi connectivity index (χ4v) is 3.97. The molecule has 2 aromatic rings. The van der Waals surface area contributed by atoms with Crippen LogP contribution in [-0.2, 0) is 5.60 Å². The summed E-state index contributed by atoms with van der Waals surface area (Å²) >= 11 is 0. The molecule has 0 bridgehead atoms. The van der Waals surface area contributed by atoms with Gasteiger partial charge in [-0.25, -0.2) is 4.39 Å². The highest BCUT2D eigenvalue weighted by molar-refractivity contribution is 5.78. The van der Waals surface area contributed by atoms with Crippen molar-refractivity contribution in [2.75, 3.05) is 0 Å². The van der Waals surface area contributed by atoms with Gasteiger partial charge in [0.1, 0.15) is 11.4 Å². The van der Waals surface area contributed by atoms with Gasteiger partial charge in [0.25, 0.3) is 0 Å². The number of fused-ring (bicyclic) bond motifs is 1. The Bertz CT molecular complexity index is 643. The monoisotopic (exact) mass is 276 g/mol. The molecule has 1 N–H and O–H groups in total. The van der Waals surface area contributed by atoms with Crippen molar-refractivity contribution in [2.24, 2.45) is 11.3 Å². The lowest BCUT2D eigenvalue weighted by molar-refractivity contribution is -0.0767. The normalized spacial score (nSPS) is 29.8. The molecule has 0 radical (unpaired) electrons. The number of para-hydroxylation sites is 1. The van der Waals surface area contributed by atoms with Crippen molar-refractivity contribution < 1.29 is 13.9 Å². The van der Waals surface area contributed by atoms with Gasteiger partial charge < -0.3 is 9.52 Å². The molecule has 3 rings (SSSR count). The first kappa shape index (κ1) is 13.6. The highest BCUT2D eigenvalue weighted by Crippen LogP contribution is 2.49. The molecule has 20 heavy (non-hydrogen) atoms. The van der Waals surface area contributed by atoms with Crippen molar-refractivity contribution >= 4 is 11.0 Å². The Morgan fingerprint density at radius 1 is 1.30 bits per heavy atom. The minimum atomic E-state index is -0.993. The maximum absolute atomic E-state index is 13.7. The fourth-order valence-electron chi connectivity index (χ4n) is 3.97. The number of hydrogen-bond acceptors (Lipinski definition) is 2. The summed E-state index contributed by atoms with van der Waals surface area (Å²) in [4.78, 5) is 0. The summed E-state index contributed by atoms with van der Waals surface area (Å²) in [6, 6.07) is 6.64. The molecule has 2 unspecified atom stereocenters. The number of halogens is 1. The van der Waals surface area contributed by atoms with Gasteiger partial charge in [-0.05, 0) is 42.7 Å². The van der Waals surface area contributed by atoms with Crippen LogP contribution in [0, 0.1) is 17.2 Å². The first-order chi connectivity index (χ1) is 9.29. The van der Waals surface area contributed by atoms with Gasteiger partial charge in [-0.3, -0.25) is 0 Å². The van der Waals surface area contributed by atoms with E-state index >= 15 is 0 Å². The van der Waals surface area contributed by atoms with Crippen LogP contribution in [0.1, 0.15) is 45.8 Å². The number of rotatable bonds is 1. The van der Waals surface area contributed by atoms with E-state index in [0.29, 0.717) is 29.9 Å². The molecule has 1 aromatic carbocycles. The quantitative estimate of drug-likeness (QED) is 0.825. The van der Waals surface area contributed by atoms with Gasteiger partial charge >= 0.3 is 0 Å². The summed E-state index contributed by atoms with van der Waals surface area (Å²) in [5, 5.41) is 11.7. The molecular weight excluding hydrogens is 255 g/mol. The van der Waals surface area contributed by atoms with Gasteiger partial charge in [-0.2, -0.15) is 0 Å². The standard InChI is InChI=1S/C17H21FO2/c1-11-8-16(2,3)10-17(19,9-11)14-7-12-5-4-6-13(18)15(12)20-14/h4-7,11,19H,8-10H2,1-3H3. The maximum atomic E-state index is 13.7. The van der Waals surface area contributed by atoms with Crippen molar-refractivity contribution in [3.05, 3.63) is 35.8 Å². The molecule has 1 aliphatic carbocycles. The third-order valence-electron chi connectivity index (χ3n) is 4.31. The summed E-state index contributed by atoms with van der Waals surface area (Å²) in [5.41, 5.74) is -0.691. The van der Waals surface area contributed by atoms with Crippen molar-refractivity contribution in [3.63, 3.8) is 0 Å². The molecule has 1 aliphatic rings. The van der Waals surface area contributed by atoms with Crippen LogP contribution in [-0.4, -0.2) is 5.11 Å². The van der Waals surface area contributed by atoms with Crippen molar-refractivity contribution in [3.8, 4) is 0 Å². The topological polar surface area (TPSA) is 33.4 Å². The third-order valence-corrected chi connectivity index (χ3v) is 4.31.